The first-order valence-corrected chi connectivity index (χ1v) is 9.22. The van der Waals surface area contributed by atoms with Gasteiger partial charge in [0.2, 0.25) is 5.43 Å². The fourth-order valence-electron chi connectivity index (χ4n) is 3.63. The number of benzene rings is 1. The van der Waals surface area contributed by atoms with Crippen molar-refractivity contribution in [3.05, 3.63) is 57.9 Å². The van der Waals surface area contributed by atoms with Gasteiger partial charge in [-0.15, -0.1) is 0 Å². The summed E-state index contributed by atoms with van der Waals surface area (Å²) in [5.74, 6) is -2.76. The van der Waals surface area contributed by atoms with Crippen molar-refractivity contribution >= 4 is 28.5 Å². The van der Waals surface area contributed by atoms with Crippen LogP contribution in [0.4, 0.5) is 20.3 Å². The van der Waals surface area contributed by atoms with E-state index in [9.17, 15) is 23.5 Å². The molecule has 1 aliphatic heterocycles. The summed E-state index contributed by atoms with van der Waals surface area (Å²) >= 11 is 0. The van der Waals surface area contributed by atoms with Gasteiger partial charge < -0.3 is 26.0 Å². The second kappa shape index (κ2) is 7.06. The number of aromatic nitrogens is 2. The number of fused-ring (bicyclic) bond motifs is 1. The van der Waals surface area contributed by atoms with Crippen molar-refractivity contribution in [3.63, 3.8) is 0 Å². The number of anilines is 2. The summed E-state index contributed by atoms with van der Waals surface area (Å²) in [5.41, 5.74) is 10.4. The van der Waals surface area contributed by atoms with Crippen molar-refractivity contribution in [2.75, 3.05) is 23.7 Å². The van der Waals surface area contributed by atoms with Crippen LogP contribution in [0.25, 0.3) is 16.7 Å². The first-order valence-electron chi connectivity index (χ1n) is 9.22. The Morgan fingerprint density at radius 3 is 2.57 bits per heavy atom. The first-order chi connectivity index (χ1) is 14.2. The highest BCUT2D eigenvalue weighted by molar-refractivity contribution is 5.92. The minimum Gasteiger partial charge on any atom is -0.477 e. The van der Waals surface area contributed by atoms with E-state index in [1.165, 1.54) is 16.7 Å². The zero-order valence-corrected chi connectivity index (χ0v) is 16.0. The molecule has 0 unspecified atom stereocenters. The van der Waals surface area contributed by atoms with Crippen LogP contribution in [0.5, 0.6) is 0 Å². The Morgan fingerprint density at radius 1 is 1.23 bits per heavy atom. The van der Waals surface area contributed by atoms with E-state index in [0.29, 0.717) is 13.1 Å². The maximum absolute atomic E-state index is 14.9. The molecule has 3 heterocycles. The molecule has 3 aromatic rings. The number of hydrogen-bond acceptors (Lipinski definition) is 6. The van der Waals surface area contributed by atoms with Crippen molar-refractivity contribution < 1.29 is 18.7 Å². The maximum atomic E-state index is 14.9. The lowest BCUT2D eigenvalue weighted by Crippen LogP contribution is -2.29. The van der Waals surface area contributed by atoms with E-state index in [1.807, 2.05) is 6.92 Å². The number of carboxylic acid groups (broad SMARTS) is 1. The first kappa shape index (κ1) is 19.8. The second-order valence-electron chi connectivity index (χ2n) is 7.46. The number of aromatic carboxylic acids is 1. The minimum absolute atomic E-state index is 0.00797. The van der Waals surface area contributed by atoms with E-state index < -0.39 is 28.6 Å². The predicted octanol–water partition coefficient (Wildman–Crippen LogP) is 1.73. The lowest BCUT2D eigenvalue weighted by atomic mass is 10.1. The maximum Gasteiger partial charge on any atom is 0.341 e. The van der Waals surface area contributed by atoms with Crippen LogP contribution in [0.15, 0.2) is 35.3 Å². The molecule has 0 radical (unpaired) electrons. The van der Waals surface area contributed by atoms with E-state index >= 15 is 0 Å². The number of hydrogen-bond donors (Lipinski definition) is 3. The van der Waals surface area contributed by atoms with Gasteiger partial charge in [0.1, 0.15) is 11.4 Å². The summed E-state index contributed by atoms with van der Waals surface area (Å²) < 4.78 is 29.8. The molecule has 0 spiro atoms. The van der Waals surface area contributed by atoms with Gasteiger partial charge in [-0.25, -0.2) is 18.6 Å². The highest BCUT2D eigenvalue weighted by Gasteiger charge is 2.30. The molecule has 156 valence electrons. The minimum atomic E-state index is -1.48. The number of carboxylic acids is 1. The summed E-state index contributed by atoms with van der Waals surface area (Å²) in [4.78, 5) is 30.2. The van der Waals surface area contributed by atoms with E-state index in [0.717, 1.165) is 18.3 Å². The molecular formula is C20H19F2N5O3. The average Bonchev–Trinajstić information content (AvgIpc) is 3.02. The number of rotatable bonds is 3. The second-order valence-corrected chi connectivity index (χ2v) is 7.46. The fraction of sp³-hybridized carbons (Fsp3) is 0.250. The SMILES string of the molecule is C[C@H]1CN(c2nc3c(cc2F)c(=O)c(C(=O)O)cn3-c2ccc(F)c(N)c2)C[C@H]1N. The van der Waals surface area contributed by atoms with Gasteiger partial charge in [0, 0.05) is 31.0 Å². The van der Waals surface area contributed by atoms with Crippen molar-refractivity contribution in [1.82, 2.24) is 9.55 Å². The van der Waals surface area contributed by atoms with E-state index in [-0.39, 0.29) is 40.2 Å². The Labute approximate surface area is 169 Å². The van der Waals surface area contributed by atoms with Crippen LogP contribution in [0, 0.1) is 17.6 Å². The molecule has 0 aliphatic carbocycles. The Bertz CT molecular complexity index is 1230. The van der Waals surface area contributed by atoms with Crippen LogP contribution in [0.3, 0.4) is 0 Å². The molecule has 30 heavy (non-hydrogen) atoms. The smallest absolute Gasteiger partial charge is 0.341 e. The number of nitrogens with two attached hydrogens (primary N) is 2. The third-order valence-electron chi connectivity index (χ3n) is 5.37. The van der Waals surface area contributed by atoms with Crippen LogP contribution in [-0.2, 0) is 0 Å². The molecule has 2 atom stereocenters. The lowest BCUT2D eigenvalue weighted by molar-refractivity contribution is 0.0695. The van der Waals surface area contributed by atoms with Gasteiger partial charge in [-0.1, -0.05) is 6.92 Å². The molecule has 8 nitrogen and oxygen atoms in total. The van der Waals surface area contributed by atoms with Crippen LogP contribution in [0.1, 0.15) is 17.3 Å². The molecule has 0 bridgehead atoms. The van der Waals surface area contributed by atoms with Gasteiger partial charge in [0.15, 0.2) is 17.3 Å². The molecule has 1 aromatic carbocycles. The van der Waals surface area contributed by atoms with E-state index in [1.54, 1.807) is 4.90 Å². The average molecular weight is 415 g/mol. The van der Waals surface area contributed by atoms with E-state index in [2.05, 4.69) is 4.98 Å². The molecule has 10 heteroatoms. The molecule has 1 fully saturated rings. The summed E-state index contributed by atoms with van der Waals surface area (Å²) in [6.45, 7) is 2.81. The Hall–Kier alpha value is -3.53. The summed E-state index contributed by atoms with van der Waals surface area (Å²) in [6, 6.07) is 4.57. The molecular weight excluding hydrogens is 396 g/mol. The molecule has 4 rings (SSSR count). The highest BCUT2D eigenvalue weighted by Crippen LogP contribution is 2.28. The molecule has 0 saturated carbocycles. The van der Waals surface area contributed by atoms with Gasteiger partial charge in [-0.2, -0.15) is 0 Å². The van der Waals surface area contributed by atoms with Gasteiger partial charge in [0.25, 0.3) is 0 Å². The van der Waals surface area contributed by atoms with Crippen molar-refractivity contribution in [2.45, 2.75) is 13.0 Å². The number of pyridine rings is 2. The quantitative estimate of drug-likeness (QED) is 0.556. The zero-order chi connectivity index (χ0) is 21.7. The Morgan fingerprint density at radius 2 is 1.97 bits per heavy atom. The molecule has 1 saturated heterocycles. The number of carbonyl (C=O) groups is 1. The topological polar surface area (TPSA) is 127 Å². The van der Waals surface area contributed by atoms with Crippen LogP contribution in [0.2, 0.25) is 0 Å². The van der Waals surface area contributed by atoms with Gasteiger partial charge in [-0.3, -0.25) is 4.79 Å². The van der Waals surface area contributed by atoms with Crippen LogP contribution in [-0.4, -0.2) is 39.8 Å². The predicted molar refractivity (Wildman–Crippen MR) is 108 cm³/mol. The number of nitrogens with zero attached hydrogens (tertiary/aromatic N) is 3. The van der Waals surface area contributed by atoms with Crippen LogP contribution >= 0.6 is 0 Å². The normalized spacial score (nSPS) is 18.9. The van der Waals surface area contributed by atoms with Crippen LogP contribution < -0.4 is 21.8 Å². The molecule has 1 aliphatic rings. The largest absolute Gasteiger partial charge is 0.477 e. The van der Waals surface area contributed by atoms with Gasteiger partial charge in [0.05, 0.1) is 11.1 Å². The zero-order valence-electron chi connectivity index (χ0n) is 16.0. The number of halogens is 2. The third kappa shape index (κ3) is 3.14. The third-order valence-corrected chi connectivity index (χ3v) is 5.37. The summed E-state index contributed by atoms with van der Waals surface area (Å²) in [6.07, 6.45) is 1.08. The molecule has 2 aromatic heterocycles. The number of nitrogen functional groups attached to an aromatic ring is 1. The highest BCUT2D eigenvalue weighted by atomic mass is 19.1. The summed E-state index contributed by atoms with van der Waals surface area (Å²) in [5, 5.41) is 9.20. The monoisotopic (exact) mass is 415 g/mol. The Balaban J connectivity index is 2.02. The molecule has 5 N–H and O–H groups in total. The van der Waals surface area contributed by atoms with Gasteiger partial charge >= 0.3 is 5.97 Å². The fourth-order valence-corrected chi connectivity index (χ4v) is 3.63. The van der Waals surface area contributed by atoms with Crippen molar-refractivity contribution in [1.29, 1.82) is 0 Å². The van der Waals surface area contributed by atoms with Crippen molar-refractivity contribution in [3.8, 4) is 5.69 Å². The Kier molecular flexibility index (Phi) is 4.65. The molecule has 0 amide bonds. The van der Waals surface area contributed by atoms with Crippen molar-refractivity contribution in [2.24, 2.45) is 11.7 Å². The van der Waals surface area contributed by atoms with E-state index in [4.69, 9.17) is 11.5 Å². The standard InChI is InChI=1S/C20H19F2N5O3/c1-9-6-26(8-16(9)24)19-14(22)5-11-17(28)12(20(29)30)7-27(18(11)25-19)10-2-3-13(21)15(23)4-10/h2-5,7,9,16H,6,8,23-24H2,1H3,(H,29,30)/t9-,16+/m0/s1. The lowest BCUT2D eigenvalue weighted by Gasteiger charge is -2.20. The summed E-state index contributed by atoms with van der Waals surface area (Å²) in [7, 11) is 0. The van der Waals surface area contributed by atoms with Gasteiger partial charge in [-0.05, 0) is 30.2 Å².